The molecule has 1 aromatic heterocycles. The van der Waals surface area contributed by atoms with E-state index in [1.807, 2.05) is 0 Å². The van der Waals surface area contributed by atoms with E-state index in [0.717, 1.165) is 11.8 Å². The fourth-order valence-corrected chi connectivity index (χ4v) is 2.86. The summed E-state index contributed by atoms with van der Waals surface area (Å²) in [5, 5.41) is 1.76. The zero-order valence-electron chi connectivity index (χ0n) is 14.2. The van der Waals surface area contributed by atoms with Crippen molar-refractivity contribution in [2.75, 3.05) is 0 Å². The van der Waals surface area contributed by atoms with Gasteiger partial charge in [-0.1, -0.05) is 18.2 Å². The minimum absolute atomic E-state index is 0.0384. The average molecular weight is 377 g/mol. The van der Waals surface area contributed by atoms with Crippen LogP contribution in [0.1, 0.15) is 18.1 Å². The van der Waals surface area contributed by atoms with Gasteiger partial charge in [0, 0.05) is 19.3 Å². The van der Waals surface area contributed by atoms with Crippen molar-refractivity contribution < 1.29 is 27.8 Å². The Balaban J connectivity index is 2.13. The summed E-state index contributed by atoms with van der Waals surface area (Å²) < 4.78 is 41.6. The molecule has 0 radical (unpaired) electrons. The molecule has 0 unspecified atom stereocenters. The van der Waals surface area contributed by atoms with Crippen molar-refractivity contribution in [1.29, 1.82) is 0 Å². The molecule has 0 bridgehead atoms. The fourth-order valence-electron chi connectivity index (χ4n) is 2.86. The highest BCUT2D eigenvalue weighted by Crippen LogP contribution is 2.30. The summed E-state index contributed by atoms with van der Waals surface area (Å²) in [6, 6.07) is 11.4. The third-order valence-electron chi connectivity index (χ3n) is 4.07. The fraction of sp³-hybridized carbons (Fsp3) is 0.222. The molecule has 1 aromatic carbocycles. The summed E-state index contributed by atoms with van der Waals surface area (Å²) in [7, 11) is 0. The maximum absolute atomic E-state index is 13.9. The van der Waals surface area contributed by atoms with E-state index in [9.17, 15) is 22.8 Å². The predicted molar refractivity (Wildman–Crippen MR) is 88.9 cm³/mol. The van der Waals surface area contributed by atoms with Crippen LogP contribution in [0.25, 0.3) is 0 Å². The summed E-state index contributed by atoms with van der Waals surface area (Å²) >= 11 is 0. The molecule has 2 aromatic rings. The summed E-state index contributed by atoms with van der Waals surface area (Å²) in [6.07, 6.45) is -2.09. The molecule has 9 heteroatoms. The number of benzene rings is 1. The van der Waals surface area contributed by atoms with Gasteiger partial charge in [-0.3, -0.25) is 15.1 Å². The Morgan fingerprint density at radius 3 is 2.37 bits per heavy atom. The van der Waals surface area contributed by atoms with Crippen LogP contribution < -0.4 is 10.3 Å². The maximum Gasteiger partial charge on any atom is 0.465 e. The zero-order chi connectivity index (χ0) is 19.7. The van der Waals surface area contributed by atoms with Crippen LogP contribution in [0.5, 0.6) is 0 Å². The molecule has 3 rings (SSSR count). The van der Waals surface area contributed by atoms with Crippen molar-refractivity contribution in [1.82, 2.24) is 15.2 Å². The Morgan fingerprint density at radius 2 is 1.81 bits per heavy atom. The minimum Gasteiger partial charge on any atom is -0.298 e. The van der Waals surface area contributed by atoms with Crippen LogP contribution in [0.4, 0.5) is 13.2 Å². The molecular formula is C18H16F3N4O2+. The van der Waals surface area contributed by atoms with Gasteiger partial charge >= 0.3 is 17.7 Å². The number of carbonyl (C=O) groups is 2. The van der Waals surface area contributed by atoms with Crippen LogP contribution in [0.2, 0.25) is 0 Å². The number of halogens is 3. The molecule has 140 valence electrons. The van der Waals surface area contributed by atoms with E-state index in [-0.39, 0.29) is 12.4 Å². The van der Waals surface area contributed by atoms with Crippen molar-refractivity contribution in [2.45, 2.75) is 25.3 Å². The Bertz CT molecular complexity index is 884. The molecule has 2 N–H and O–H groups in total. The third-order valence-corrected chi connectivity index (χ3v) is 4.07. The first kappa shape index (κ1) is 18.6. The lowest BCUT2D eigenvalue weighted by atomic mass is 10.1. The van der Waals surface area contributed by atoms with E-state index >= 15 is 0 Å². The van der Waals surface area contributed by atoms with Crippen molar-refractivity contribution in [3.63, 3.8) is 0 Å². The minimum atomic E-state index is -5.05. The summed E-state index contributed by atoms with van der Waals surface area (Å²) in [5.41, 5.74) is -2.25. The van der Waals surface area contributed by atoms with Gasteiger partial charge in [-0.25, -0.2) is 9.79 Å². The molecular weight excluding hydrogens is 361 g/mol. The Morgan fingerprint density at radius 1 is 1.19 bits per heavy atom. The number of hydrogen-bond acceptors (Lipinski definition) is 3. The lowest BCUT2D eigenvalue weighted by Gasteiger charge is -2.24. The van der Waals surface area contributed by atoms with Crippen LogP contribution >= 0.6 is 0 Å². The number of nitrogens with zero attached hydrogens (tertiary/aromatic N) is 2. The molecule has 6 nitrogen and oxygen atoms in total. The average Bonchev–Trinajstić information content (AvgIpc) is 2.90. The van der Waals surface area contributed by atoms with Gasteiger partial charge in [-0.2, -0.15) is 18.1 Å². The highest BCUT2D eigenvalue weighted by Gasteiger charge is 2.72. The van der Waals surface area contributed by atoms with Gasteiger partial charge in [-0.15, -0.1) is 0 Å². The largest absolute Gasteiger partial charge is 0.465 e. The van der Waals surface area contributed by atoms with Crippen LogP contribution in [0.15, 0.2) is 54.9 Å². The molecule has 1 aliphatic rings. The molecule has 0 saturated heterocycles. The van der Waals surface area contributed by atoms with Crippen molar-refractivity contribution in [3.05, 3.63) is 66.0 Å². The van der Waals surface area contributed by atoms with Gasteiger partial charge in [-0.05, 0) is 29.8 Å². The number of nitrogens with one attached hydrogen (secondary N) is 2. The highest BCUT2D eigenvalue weighted by molar-refractivity contribution is 6.10. The quantitative estimate of drug-likeness (QED) is 0.807. The molecule has 0 saturated carbocycles. The standard InChI is InChI=1S/C18H15F3N4O2/c1-12(26)23-17(18(19,20)21)16(27)25(11-13-7-9-22-10-8-13)15(24-17)14-5-3-2-4-6-14/h2-10H,11H2,1H3,(H,23,26)/p+1/t17-/m1/s1. The first-order valence-electron chi connectivity index (χ1n) is 8.01. The van der Waals surface area contributed by atoms with Crippen LogP contribution in [0.3, 0.4) is 0 Å². The van der Waals surface area contributed by atoms with Crippen LogP contribution in [-0.2, 0) is 16.1 Å². The van der Waals surface area contributed by atoms with E-state index < -0.39 is 23.7 Å². The van der Waals surface area contributed by atoms with Gasteiger partial charge in [0.15, 0.2) is 0 Å². The lowest BCUT2D eigenvalue weighted by Crippen LogP contribution is -2.96. The molecule has 1 aliphatic heterocycles. The Hall–Kier alpha value is -3.23. The normalized spacial score (nSPS) is 19.8. The van der Waals surface area contributed by atoms with Gasteiger partial charge < -0.3 is 0 Å². The highest BCUT2D eigenvalue weighted by atomic mass is 19.4. The van der Waals surface area contributed by atoms with E-state index in [4.69, 9.17) is 0 Å². The second kappa shape index (κ2) is 6.82. The zero-order valence-corrected chi connectivity index (χ0v) is 14.2. The van der Waals surface area contributed by atoms with Gasteiger partial charge in [0.1, 0.15) is 6.54 Å². The lowest BCUT2D eigenvalue weighted by molar-refractivity contribution is -0.581. The Kier molecular flexibility index (Phi) is 4.69. The number of aromatic nitrogens is 1. The molecule has 2 amide bonds. The first-order chi connectivity index (χ1) is 12.7. The second-order valence-corrected chi connectivity index (χ2v) is 6.02. The third kappa shape index (κ3) is 3.40. The predicted octanol–water partition coefficient (Wildman–Crippen LogP) is 0.346. The molecule has 27 heavy (non-hydrogen) atoms. The number of rotatable bonds is 4. The maximum atomic E-state index is 13.9. The summed E-state index contributed by atoms with van der Waals surface area (Å²) in [6.45, 7) is 0.812. The number of pyridine rings is 1. The number of amides is 2. The first-order valence-corrected chi connectivity index (χ1v) is 8.01. The van der Waals surface area contributed by atoms with E-state index in [1.165, 1.54) is 12.4 Å². The number of alkyl halides is 3. The Labute approximate surface area is 152 Å². The topological polar surface area (TPSA) is 76.3 Å². The number of amidine groups is 1. The number of hydrogen-bond donors (Lipinski definition) is 2. The smallest absolute Gasteiger partial charge is 0.298 e. The number of carbonyl (C=O) groups excluding carboxylic acids is 2. The van der Waals surface area contributed by atoms with E-state index in [1.54, 1.807) is 47.8 Å². The summed E-state index contributed by atoms with van der Waals surface area (Å²) in [5.74, 6) is -2.32. The van der Waals surface area contributed by atoms with Gasteiger partial charge in [0.25, 0.3) is 5.84 Å². The van der Waals surface area contributed by atoms with Gasteiger partial charge in [0.2, 0.25) is 5.91 Å². The second-order valence-electron chi connectivity index (χ2n) is 6.02. The van der Waals surface area contributed by atoms with Crippen molar-refractivity contribution in [2.24, 2.45) is 0 Å². The molecule has 0 fully saturated rings. The molecule has 1 atom stereocenters. The van der Waals surface area contributed by atoms with Crippen LogP contribution in [-0.4, -0.2) is 39.4 Å². The van der Waals surface area contributed by atoms with Crippen molar-refractivity contribution >= 4 is 17.6 Å². The summed E-state index contributed by atoms with van der Waals surface area (Å²) in [4.78, 5) is 31.4. The van der Waals surface area contributed by atoms with Crippen molar-refractivity contribution in [3.8, 4) is 0 Å². The van der Waals surface area contributed by atoms with E-state index in [2.05, 4.69) is 9.98 Å². The molecule has 0 spiro atoms. The van der Waals surface area contributed by atoms with Crippen LogP contribution in [0, 0.1) is 0 Å². The van der Waals surface area contributed by atoms with Gasteiger partial charge in [0.05, 0.1) is 5.56 Å². The monoisotopic (exact) mass is 377 g/mol. The van der Waals surface area contributed by atoms with E-state index in [0.29, 0.717) is 11.1 Å². The SMILES string of the molecule is CC(=O)N[C@@]1(C(F)(F)F)[NH+]=C(c2ccccc2)N(Cc2ccncc2)C1=O. The molecule has 0 aliphatic carbocycles. The molecule has 2 heterocycles.